The summed E-state index contributed by atoms with van der Waals surface area (Å²) in [6.45, 7) is 7.31. The molecule has 0 bridgehead atoms. The third-order valence-electron chi connectivity index (χ3n) is 0.274. The summed E-state index contributed by atoms with van der Waals surface area (Å²) in [5.74, 6) is 0. The molecule has 0 radical (unpaired) electrons. The van der Waals surface area contributed by atoms with E-state index in [1.807, 2.05) is 6.79 Å². The molecule has 0 rings (SSSR count). The van der Waals surface area contributed by atoms with E-state index in [1.165, 1.54) is 0 Å². The van der Waals surface area contributed by atoms with Crippen LogP contribution in [0.4, 0.5) is 0 Å². The Kier molecular flexibility index (Phi) is 6.25. The molecule has 0 aromatic heterocycles. The highest BCUT2D eigenvalue weighted by Gasteiger charge is 2.06. The normalized spacial score (nSPS) is 9.50. The van der Waals surface area contributed by atoms with Crippen LogP contribution in [0.3, 0.4) is 0 Å². The summed E-state index contributed by atoms with van der Waals surface area (Å²) in [7, 11) is 0. The molecule has 3 heteroatoms. The summed E-state index contributed by atoms with van der Waals surface area (Å²) in [4.78, 5) is 11.9. The smallest absolute Gasteiger partial charge is 0.106 e. The third-order valence-corrected chi connectivity index (χ3v) is 0.274. The van der Waals surface area contributed by atoms with E-state index in [2.05, 4.69) is 4.89 Å². The molecule has 50 valence electrons. The zero-order valence-corrected chi connectivity index (χ0v) is 5.47. The van der Waals surface area contributed by atoms with E-state index in [-0.39, 0.29) is 0 Å². The van der Waals surface area contributed by atoms with Gasteiger partial charge >= 0.3 is 0 Å². The van der Waals surface area contributed by atoms with Crippen molar-refractivity contribution in [3.05, 3.63) is 0 Å². The van der Waals surface area contributed by atoms with Crippen LogP contribution in [0.5, 0.6) is 0 Å². The van der Waals surface area contributed by atoms with Gasteiger partial charge in [0.05, 0.1) is 5.60 Å². The van der Waals surface area contributed by atoms with Crippen LogP contribution in [0.2, 0.25) is 0 Å². The molecule has 3 nitrogen and oxygen atoms in total. The first-order valence-corrected chi connectivity index (χ1v) is 2.18. The molecule has 8 heavy (non-hydrogen) atoms. The van der Waals surface area contributed by atoms with Gasteiger partial charge in [-0.3, -0.25) is 5.26 Å². The summed E-state index contributed by atoms with van der Waals surface area (Å²) in [6.07, 6.45) is 0. The minimum absolute atomic E-state index is 0.403. The van der Waals surface area contributed by atoms with Crippen molar-refractivity contribution in [1.82, 2.24) is 0 Å². The highest BCUT2D eigenvalue weighted by Crippen LogP contribution is 2.01. The highest BCUT2D eigenvalue weighted by atomic mass is 17.1. The van der Waals surface area contributed by atoms with E-state index in [0.717, 1.165) is 0 Å². The first-order chi connectivity index (χ1) is 3.56. The Morgan fingerprint density at radius 1 is 1.38 bits per heavy atom. The van der Waals surface area contributed by atoms with Crippen molar-refractivity contribution in [3.63, 3.8) is 0 Å². The molecule has 0 saturated heterocycles. The standard InChI is InChI=1S/C4H10O2.CH2O/c1-4(2,3)6-5;1-2/h5H,1-3H3;1H2. The fraction of sp³-hybridized carbons (Fsp3) is 0.800. The van der Waals surface area contributed by atoms with Gasteiger partial charge in [0.1, 0.15) is 6.79 Å². The first-order valence-electron chi connectivity index (χ1n) is 2.18. The Bertz CT molecular complexity index is 46.1. The predicted octanol–water partition coefficient (Wildman–Crippen LogP) is 1.09. The molecular formula is C5H12O3. The van der Waals surface area contributed by atoms with Crippen LogP contribution in [-0.4, -0.2) is 17.6 Å². The van der Waals surface area contributed by atoms with Crippen LogP contribution >= 0.6 is 0 Å². The highest BCUT2D eigenvalue weighted by molar-refractivity contribution is 5.10. The molecule has 0 aliphatic rings. The van der Waals surface area contributed by atoms with Crippen molar-refractivity contribution >= 4 is 6.79 Å². The zero-order valence-electron chi connectivity index (χ0n) is 5.47. The second kappa shape index (κ2) is 4.74. The molecule has 0 fully saturated rings. The van der Waals surface area contributed by atoms with Crippen molar-refractivity contribution in [3.8, 4) is 0 Å². The van der Waals surface area contributed by atoms with Gasteiger partial charge in [0, 0.05) is 0 Å². The van der Waals surface area contributed by atoms with Crippen LogP contribution in [0.15, 0.2) is 0 Å². The van der Waals surface area contributed by atoms with Crippen LogP contribution in [0.25, 0.3) is 0 Å². The number of rotatable bonds is 0. The van der Waals surface area contributed by atoms with E-state index < -0.39 is 5.60 Å². The second-order valence-corrected chi connectivity index (χ2v) is 2.20. The number of hydrogen-bond acceptors (Lipinski definition) is 3. The van der Waals surface area contributed by atoms with Crippen molar-refractivity contribution in [1.29, 1.82) is 0 Å². The molecule has 0 amide bonds. The fourth-order valence-electron chi connectivity index (χ4n) is 0. The van der Waals surface area contributed by atoms with Crippen LogP contribution in [0, 0.1) is 0 Å². The van der Waals surface area contributed by atoms with E-state index in [1.54, 1.807) is 20.8 Å². The van der Waals surface area contributed by atoms with Crippen molar-refractivity contribution in [2.45, 2.75) is 26.4 Å². The lowest BCUT2D eigenvalue weighted by Crippen LogP contribution is -2.15. The number of hydrogen-bond donors (Lipinski definition) is 1. The largest absolute Gasteiger partial charge is 0.307 e. The molecule has 0 saturated carbocycles. The van der Waals surface area contributed by atoms with Gasteiger partial charge < -0.3 is 4.79 Å². The van der Waals surface area contributed by atoms with E-state index in [9.17, 15) is 0 Å². The van der Waals surface area contributed by atoms with Gasteiger partial charge in [0.25, 0.3) is 0 Å². The molecule has 0 atom stereocenters. The van der Waals surface area contributed by atoms with Crippen molar-refractivity contribution < 1.29 is 14.9 Å². The number of carbonyl (C=O) groups excluding carboxylic acids is 1. The summed E-state index contributed by atoms with van der Waals surface area (Å²) < 4.78 is 0. The Labute approximate surface area is 49.2 Å². The molecule has 1 N–H and O–H groups in total. The maximum atomic E-state index is 8.00. The van der Waals surface area contributed by atoms with E-state index >= 15 is 0 Å². The molecule has 0 aromatic rings. The van der Waals surface area contributed by atoms with Gasteiger partial charge in [0.15, 0.2) is 0 Å². The zero-order chi connectivity index (χ0) is 7.21. The predicted molar refractivity (Wildman–Crippen MR) is 30.6 cm³/mol. The average molecular weight is 120 g/mol. The summed E-state index contributed by atoms with van der Waals surface area (Å²) in [6, 6.07) is 0. The van der Waals surface area contributed by atoms with Crippen LogP contribution in [-0.2, 0) is 9.68 Å². The van der Waals surface area contributed by atoms with Crippen LogP contribution < -0.4 is 0 Å². The third kappa shape index (κ3) is 17.6. The van der Waals surface area contributed by atoms with Crippen molar-refractivity contribution in [2.75, 3.05) is 0 Å². The molecule has 0 aliphatic carbocycles. The van der Waals surface area contributed by atoms with Gasteiger partial charge in [-0.05, 0) is 20.8 Å². The quantitative estimate of drug-likeness (QED) is 0.384. The Balaban J connectivity index is 0. The second-order valence-electron chi connectivity index (χ2n) is 2.20. The van der Waals surface area contributed by atoms with Crippen LogP contribution in [0.1, 0.15) is 20.8 Å². The number of carbonyl (C=O) groups is 1. The molecule has 0 aromatic carbocycles. The van der Waals surface area contributed by atoms with E-state index in [0.29, 0.717) is 0 Å². The summed E-state index contributed by atoms with van der Waals surface area (Å²) in [5, 5.41) is 7.90. The molecule has 0 spiro atoms. The maximum Gasteiger partial charge on any atom is 0.106 e. The minimum atomic E-state index is -0.403. The van der Waals surface area contributed by atoms with Crippen molar-refractivity contribution in [2.24, 2.45) is 0 Å². The lowest BCUT2D eigenvalue weighted by Gasteiger charge is -2.10. The Hall–Kier alpha value is -0.410. The van der Waals surface area contributed by atoms with E-state index in [4.69, 9.17) is 10.1 Å². The topological polar surface area (TPSA) is 46.5 Å². The summed E-state index contributed by atoms with van der Waals surface area (Å²) >= 11 is 0. The molecular weight excluding hydrogens is 108 g/mol. The van der Waals surface area contributed by atoms with Gasteiger partial charge in [-0.1, -0.05) is 0 Å². The Morgan fingerprint density at radius 2 is 1.50 bits per heavy atom. The summed E-state index contributed by atoms with van der Waals surface area (Å²) in [5.41, 5.74) is -0.403. The average Bonchev–Trinajstić information content (AvgIpc) is 1.71. The lowest BCUT2D eigenvalue weighted by atomic mass is 10.2. The molecule has 0 aliphatic heterocycles. The van der Waals surface area contributed by atoms with Gasteiger partial charge in [-0.15, -0.1) is 0 Å². The molecule has 0 heterocycles. The minimum Gasteiger partial charge on any atom is -0.307 e. The maximum absolute atomic E-state index is 8.00. The Morgan fingerprint density at radius 3 is 1.50 bits per heavy atom. The first kappa shape index (κ1) is 10.5. The lowest BCUT2D eigenvalue weighted by molar-refractivity contribution is -0.306. The van der Waals surface area contributed by atoms with Gasteiger partial charge in [-0.2, -0.15) is 0 Å². The van der Waals surface area contributed by atoms with Gasteiger partial charge in [-0.25, -0.2) is 4.89 Å². The monoisotopic (exact) mass is 120 g/mol. The fourth-order valence-corrected chi connectivity index (χ4v) is 0. The van der Waals surface area contributed by atoms with Gasteiger partial charge in [0.2, 0.25) is 0 Å². The SMILES string of the molecule is C=O.CC(C)(C)OO. The molecule has 0 unspecified atom stereocenters.